The third-order valence-corrected chi connectivity index (χ3v) is 2.87. The third-order valence-electron chi connectivity index (χ3n) is 2.87. The summed E-state index contributed by atoms with van der Waals surface area (Å²) in [5, 5.41) is 3.17. The Morgan fingerprint density at radius 1 is 1.56 bits per heavy atom. The van der Waals surface area contributed by atoms with E-state index in [1.807, 2.05) is 24.3 Å². The number of rotatable bonds is 1. The zero-order chi connectivity index (χ0) is 11.7. The number of nitrogens with one attached hydrogen (secondary N) is 1. The summed E-state index contributed by atoms with van der Waals surface area (Å²) in [5.74, 6) is 0.0404. The molecular weight excluding hydrogens is 201 g/mol. The highest BCUT2D eigenvalue weighted by Gasteiger charge is 2.29. The van der Waals surface area contributed by atoms with Crippen LogP contribution in [-0.4, -0.2) is 32.0 Å². The molecule has 1 saturated heterocycles. The van der Waals surface area contributed by atoms with Crippen molar-refractivity contribution in [2.75, 3.05) is 7.05 Å². The van der Waals surface area contributed by atoms with E-state index < -0.39 is 6.29 Å². The maximum Gasteiger partial charge on any atom is 0.226 e. The fraction of sp³-hybridized carbons (Fsp3) is 0.364. The predicted octanol–water partition coefficient (Wildman–Crippen LogP) is -0.784. The molecule has 1 aliphatic rings. The van der Waals surface area contributed by atoms with E-state index in [1.165, 1.54) is 4.90 Å². The second-order valence-electron chi connectivity index (χ2n) is 4.04. The number of nitrogens with two attached hydrogens (primary N) is 1. The van der Waals surface area contributed by atoms with Gasteiger partial charge in [-0.2, -0.15) is 0 Å². The van der Waals surface area contributed by atoms with Gasteiger partial charge in [-0.25, -0.2) is 0 Å². The first-order chi connectivity index (χ1) is 7.58. The van der Waals surface area contributed by atoms with E-state index >= 15 is 0 Å². The average Bonchev–Trinajstić information content (AvgIpc) is 2.25. The van der Waals surface area contributed by atoms with Gasteiger partial charge < -0.3 is 4.90 Å². The first kappa shape index (κ1) is 11.2. The first-order valence-corrected chi connectivity index (χ1v) is 5.20. The lowest BCUT2D eigenvalue weighted by atomic mass is 9.91. The molecule has 16 heavy (non-hydrogen) atoms. The van der Waals surface area contributed by atoms with Crippen molar-refractivity contribution in [3.8, 4) is 0 Å². The van der Waals surface area contributed by atoms with Gasteiger partial charge in [0.2, 0.25) is 5.91 Å². The molecular formula is C11H14BN3O. The van der Waals surface area contributed by atoms with Gasteiger partial charge in [0.15, 0.2) is 0 Å². The second kappa shape index (κ2) is 4.27. The number of nitrogens with zero attached hydrogens (tertiary/aromatic N) is 1. The van der Waals surface area contributed by atoms with Crippen molar-refractivity contribution >= 4 is 19.2 Å². The topological polar surface area (TPSA) is 58.4 Å². The molecule has 0 saturated carbocycles. The standard InChI is InChI=1S/C11H14BN3O/c1-15-10(16)6-9(14-11(15)13)7-3-2-4-8(12)5-7/h2-5,9,11,14H,6,13H2,1H3. The van der Waals surface area contributed by atoms with E-state index in [0.717, 1.165) is 5.56 Å². The van der Waals surface area contributed by atoms with Crippen molar-refractivity contribution in [1.29, 1.82) is 0 Å². The number of amides is 1. The minimum Gasteiger partial charge on any atom is -0.317 e. The molecule has 1 aromatic rings. The van der Waals surface area contributed by atoms with Crippen LogP contribution in [0, 0.1) is 0 Å². The number of hydrogen-bond acceptors (Lipinski definition) is 3. The lowest BCUT2D eigenvalue weighted by molar-refractivity contribution is -0.136. The van der Waals surface area contributed by atoms with Crippen molar-refractivity contribution in [2.24, 2.45) is 5.73 Å². The average molecular weight is 215 g/mol. The highest BCUT2D eigenvalue weighted by atomic mass is 16.2. The Morgan fingerprint density at radius 2 is 2.31 bits per heavy atom. The quantitative estimate of drug-likeness (QED) is 0.604. The molecule has 2 unspecified atom stereocenters. The van der Waals surface area contributed by atoms with Gasteiger partial charge in [-0.15, -0.1) is 0 Å². The normalized spacial score (nSPS) is 25.9. The predicted molar refractivity (Wildman–Crippen MR) is 63.1 cm³/mol. The second-order valence-corrected chi connectivity index (χ2v) is 4.04. The highest BCUT2D eigenvalue weighted by Crippen LogP contribution is 2.20. The molecule has 5 heteroatoms. The van der Waals surface area contributed by atoms with Crippen LogP contribution in [0.2, 0.25) is 0 Å². The molecule has 1 aliphatic heterocycles. The van der Waals surface area contributed by atoms with Gasteiger partial charge >= 0.3 is 0 Å². The highest BCUT2D eigenvalue weighted by molar-refractivity contribution is 6.32. The van der Waals surface area contributed by atoms with Gasteiger partial charge in [0, 0.05) is 19.5 Å². The molecule has 1 aromatic carbocycles. The van der Waals surface area contributed by atoms with Crippen molar-refractivity contribution in [3.63, 3.8) is 0 Å². The Morgan fingerprint density at radius 3 is 2.94 bits per heavy atom. The monoisotopic (exact) mass is 215 g/mol. The maximum absolute atomic E-state index is 11.6. The Bertz CT molecular complexity index is 410. The van der Waals surface area contributed by atoms with Crippen molar-refractivity contribution in [1.82, 2.24) is 10.2 Å². The van der Waals surface area contributed by atoms with Gasteiger partial charge in [-0.1, -0.05) is 29.7 Å². The summed E-state index contributed by atoms with van der Waals surface area (Å²) < 4.78 is 0. The van der Waals surface area contributed by atoms with Crippen LogP contribution in [0.15, 0.2) is 24.3 Å². The zero-order valence-electron chi connectivity index (χ0n) is 9.18. The SMILES string of the molecule is [B]c1cccc(C2CC(=O)N(C)C(N)N2)c1. The van der Waals surface area contributed by atoms with Crippen LogP contribution in [0.5, 0.6) is 0 Å². The minimum absolute atomic E-state index is 0.0404. The summed E-state index contributed by atoms with van der Waals surface area (Å²) in [6, 6.07) is 7.45. The number of carbonyl (C=O) groups excluding carboxylic acids is 1. The minimum atomic E-state index is -0.437. The fourth-order valence-electron chi connectivity index (χ4n) is 1.84. The summed E-state index contributed by atoms with van der Waals surface area (Å²) in [7, 11) is 7.40. The molecule has 0 aromatic heterocycles. The molecule has 2 radical (unpaired) electrons. The smallest absolute Gasteiger partial charge is 0.226 e. The lowest BCUT2D eigenvalue weighted by Gasteiger charge is -2.36. The summed E-state index contributed by atoms with van der Waals surface area (Å²) >= 11 is 0. The third kappa shape index (κ3) is 2.10. The Hall–Kier alpha value is -1.33. The maximum atomic E-state index is 11.6. The fourth-order valence-corrected chi connectivity index (χ4v) is 1.84. The summed E-state index contributed by atoms with van der Waals surface area (Å²) in [5.41, 5.74) is 7.49. The van der Waals surface area contributed by atoms with E-state index in [4.69, 9.17) is 13.6 Å². The van der Waals surface area contributed by atoms with E-state index in [-0.39, 0.29) is 11.9 Å². The van der Waals surface area contributed by atoms with Crippen LogP contribution < -0.4 is 16.5 Å². The molecule has 0 aliphatic carbocycles. The van der Waals surface area contributed by atoms with Crippen molar-refractivity contribution in [2.45, 2.75) is 18.8 Å². The molecule has 1 amide bonds. The molecule has 0 spiro atoms. The molecule has 82 valence electrons. The van der Waals surface area contributed by atoms with Crippen molar-refractivity contribution in [3.05, 3.63) is 29.8 Å². The first-order valence-electron chi connectivity index (χ1n) is 5.20. The van der Waals surface area contributed by atoms with E-state index in [0.29, 0.717) is 11.9 Å². The molecule has 2 atom stereocenters. The molecule has 0 bridgehead atoms. The van der Waals surface area contributed by atoms with E-state index in [2.05, 4.69) is 5.32 Å². The van der Waals surface area contributed by atoms with E-state index in [9.17, 15) is 4.79 Å². The molecule has 4 nitrogen and oxygen atoms in total. The van der Waals surface area contributed by atoms with Crippen LogP contribution in [0.1, 0.15) is 18.0 Å². The molecule has 3 N–H and O–H groups in total. The van der Waals surface area contributed by atoms with Crippen LogP contribution in [0.3, 0.4) is 0 Å². The zero-order valence-corrected chi connectivity index (χ0v) is 9.18. The number of hydrogen-bond donors (Lipinski definition) is 2. The van der Waals surface area contributed by atoms with Crippen molar-refractivity contribution < 1.29 is 4.79 Å². The number of benzene rings is 1. The Balaban J connectivity index is 2.20. The largest absolute Gasteiger partial charge is 0.317 e. The molecule has 1 heterocycles. The van der Waals surface area contributed by atoms with Gasteiger partial charge in [-0.3, -0.25) is 15.8 Å². The Labute approximate surface area is 96.2 Å². The lowest BCUT2D eigenvalue weighted by Crippen LogP contribution is -2.58. The van der Waals surface area contributed by atoms with Gasteiger partial charge in [0.05, 0.1) is 0 Å². The number of carbonyl (C=O) groups is 1. The molecule has 1 fully saturated rings. The van der Waals surface area contributed by atoms with E-state index in [1.54, 1.807) is 7.05 Å². The summed E-state index contributed by atoms with van der Waals surface area (Å²) in [4.78, 5) is 13.2. The van der Waals surface area contributed by atoms with Crippen LogP contribution >= 0.6 is 0 Å². The van der Waals surface area contributed by atoms with Gasteiger partial charge in [-0.05, 0) is 5.56 Å². The summed E-state index contributed by atoms with van der Waals surface area (Å²) in [6.07, 6.45) is -0.0270. The van der Waals surface area contributed by atoms with Crippen LogP contribution in [-0.2, 0) is 4.79 Å². The Kier molecular flexibility index (Phi) is 2.98. The van der Waals surface area contributed by atoms with Gasteiger partial charge in [0.25, 0.3) is 0 Å². The summed E-state index contributed by atoms with van der Waals surface area (Å²) in [6.45, 7) is 0. The van der Waals surface area contributed by atoms with Crippen LogP contribution in [0.25, 0.3) is 0 Å². The van der Waals surface area contributed by atoms with Gasteiger partial charge in [0.1, 0.15) is 14.1 Å². The van der Waals surface area contributed by atoms with Crippen LogP contribution in [0.4, 0.5) is 0 Å². The molecule has 2 rings (SSSR count).